The van der Waals surface area contributed by atoms with Crippen LogP contribution in [0.3, 0.4) is 0 Å². The number of rotatable bonds is 2. The highest BCUT2D eigenvalue weighted by molar-refractivity contribution is 8.14. The fourth-order valence-corrected chi connectivity index (χ4v) is 2.50. The molecule has 0 spiro atoms. The van der Waals surface area contributed by atoms with Gasteiger partial charge in [0.05, 0.1) is 11.7 Å². The number of hydrogen-bond acceptors (Lipinski definition) is 4. The van der Waals surface area contributed by atoms with Crippen LogP contribution in [0, 0.1) is 5.92 Å². The van der Waals surface area contributed by atoms with E-state index >= 15 is 0 Å². The zero-order valence-corrected chi connectivity index (χ0v) is 9.50. The van der Waals surface area contributed by atoms with E-state index in [1.165, 1.54) is 0 Å². The highest BCUT2D eigenvalue weighted by atomic mass is 32.2. The Morgan fingerprint density at radius 2 is 2.25 bits per heavy atom. The Balaban J connectivity index is 2.08. The summed E-state index contributed by atoms with van der Waals surface area (Å²) in [5.41, 5.74) is 0.888. The molecule has 1 fully saturated rings. The van der Waals surface area contributed by atoms with Crippen molar-refractivity contribution in [3.05, 3.63) is 0 Å². The lowest BCUT2D eigenvalue weighted by atomic mass is 9.86. The Bertz CT molecular complexity index is 390. The highest BCUT2D eigenvalue weighted by Gasteiger charge is 2.30. The molecule has 1 unspecified atom stereocenters. The van der Waals surface area contributed by atoms with E-state index in [-0.39, 0.29) is 17.6 Å². The van der Waals surface area contributed by atoms with Crippen molar-refractivity contribution in [2.24, 2.45) is 15.9 Å². The third-order valence-corrected chi connectivity index (χ3v) is 3.48. The monoisotopic (exact) mass is 240 g/mol. The Morgan fingerprint density at radius 3 is 3.00 bits per heavy atom. The molecule has 1 aliphatic carbocycles. The minimum atomic E-state index is -0.925. The summed E-state index contributed by atoms with van der Waals surface area (Å²) < 4.78 is 0. The number of amidine groups is 1. The number of carboxylic acid groups (broad SMARTS) is 1. The van der Waals surface area contributed by atoms with Crippen molar-refractivity contribution in [1.29, 1.82) is 0 Å². The van der Waals surface area contributed by atoms with Gasteiger partial charge in [-0.15, -0.1) is 0 Å². The second-order valence-electron chi connectivity index (χ2n) is 3.82. The molecule has 0 bridgehead atoms. The first kappa shape index (κ1) is 11.3. The van der Waals surface area contributed by atoms with E-state index < -0.39 is 5.97 Å². The molecule has 0 saturated heterocycles. The fraction of sp³-hybridized carbons (Fsp3) is 0.600. The maximum Gasteiger partial charge on any atom is 0.313 e. The number of hydrogen-bond donors (Lipinski definition) is 1. The number of fused-ring (bicyclic) bond motifs is 1. The molecule has 0 aromatic rings. The van der Waals surface area contributed by atoms with Crippen LogP contribution in [-0.4, -0.2) is 33.6 Å². The number of aliphatic imine (C=N–C) groups is 2. The van der Waals surface area contributed by atoms with Crippen molar-refractivity contribution < 1.29 is 14.7 Å². The molecule has 0 aromatic heterocycles. The van der Waals surface area contributed by atoms with E-state index in [1.54, 1.807) is 0 Å². The molecule has 1 N–H and O–H groups in total. The van der Waals surface area contributed by atoms with Gasteiger partial charge in [-0.3, -0.25) is 9.59 Å². The fourth-order valence-electron chi connectivity index (χ4n) is 1.91. The van der Waals surface area contributed by atoms with Gasteiger partial charge >= 0.3 is 5.97 Å². The summed E-state index contributed by atoms with van der Waals surface area (Å²) in [4.78, 5) is 30.2. The number of carboxylic acids is 1. The normalized spacial score (nSPS) is 24.5. The molecule has 5 nitrogen and oxygen atoms in total. The lowest BCUT2D eigenvalue weighted by Gasteiger charge is -2.24. The number of aliphatic carboxylic acids is 1. The van der Waals surface area contributed by atoms with Crippen LogP contribution in [0.1, 0.15) is 25.7 Å². The maximum absolute atomic E-state index is 11.7. The van der Waals surface area contributed by atoms with Gasteiger partial charge in [0.2, 0.25) is 0 Å². The van der Waals surface area contributed by atoms with Crippen molar-refractivity contribution in [2.45, 2.75) is 25.7 Å². The molecule has 1 heterocycles. The number of thioether (sulfide) groups is 1. The maximum atomic E-state index is 11.7. The molecule has 0 aromatic carbocycles. The largest absolute Gasteiger partial charge is 0.481 e. The second-order valence-corrected chi connectivity index (χ2v) is 4.76. The first-order valence-corrected chi connectivity index (χ1v) is 6.20. The summed E-state index contributed by atoms with van der Waals surface area (Å²) in [5.74, 6) is -1.32. The van der Waals surface area contributed by atoms with Gasteiger partial charge in [-0.2, -0.15) is 4.99 Å². The summed E-state index contributed by atoms with van der Waals surface area (Å²) in [6.45, 7) is 0. The van der Waals surface area contributed by atoms with Gasteiger partial charge in [0.25, 0.3) is 5.91 Å². The molecule has 6 heteroatoms. The van der Waals surface area contributed by atoms with E-state index in [2.05, 4.69) is 9.98 Å². The quantitative estimate of drug-likeness (QED) is 0.789. The topological polar surface area (TPSA) is 79.1 Å². The summed E-state index contributed by atoms with van der Waals surface area (Å²) >= 11 is 1.01. The smallest absolute Gasteiger partial charge is 0.313 e. The zero-order chi connectivity index (χ0) is 11.5. The number of carbonyl (C=O) groups excluding carboxylic acids is 1. The van der Waals surface area contributed by atoms with Crippen LogP contribution in [0.5, 0.6) is 0 Å². The van der Waals surface area contributed by atoms with E-state index in [9.17, 15) is 9.59 Å². The lowest BCUT2D eigenvalue weighted by Crippen LogP contribution is -2.30. The third kappa shape index (κ3) is 2.49. The first-order chi connectivity index (χ1) is 7.66. The molecule has 1 aliphatic heterocycles. The van der Waals surface area contributed by atoms with Crippen LogP contribution in [0.2, 0.25) is 0 Å². The van der Waals surface area contributed by atoms with E-state index in [0.29, 0.717) is 5.17 Å². The van der Waals surface area contributed by atoms with Gasteiger partial charge < -0.3 is 5.11 Å². The van der Waals surface area contributed by atoms with Gasteiger partial charge in [0, 0.05) is 5.71 Å². The molecule has 2 rings (SSSR count). The van der Waals surface area contributed by atoms with Crippen molar-refractivity contribution in [1.82, 2.24) is 0 Å². The Kier molecular flexibility index (Phi) is 3.38. The summed E-state index contributed by atoms with van der Waals surface area (Å²) in [7, 11) is 0. The molecule has 2 aliphatic rings. The van der Waals surface area contributed by atoms with Crippen LogP contribution in [0.15, 0.2) is 9.98 Å². The van der Waals surface area contributed by atoms with Crippen molar-refractivity contribution in [3.63, 3.8) is 0 Å². The highest BCUT2D eigenvalue weighted by Crippen LogP contribution is 2.27. The average Bonchev–Trinajstić information content (AvgIpc) is 2.26. The molecule has 86 valence electrons. The number of nitrogens with zero attached hydrogens (tertiary/aromatic N) is 2. The van der Waals surface area contributed by atoms with Crippen LogP contribution >= 0.6 is 11.8 Å². The summed E-state index contributed by atoms with van der Waals surface area (Å²) in [6.07, 6.45) is 3.77. The minimum absolute atomic E-state index is 0.104. The van der Waals surface area contributed by atoms with Crippen molar-refractivity contribution in [3.8, 4) is 0 Å². The molecular weight excluding hydrogens is 228 g/mol. The van der Waals surface area contributed by atoms with Gasteiger partial charge in [0.1, 0.15) is 0 Å². The van der Waals surface area contributed by atoms with Crippen molar-refractivity contribution in [2.75, 3.05) is 5.75 Å². The van der Waals surface area contributed by atoms with Gasteiger partial charge in [-0.1, -0.05) is 18.2 Å². The van der Waals surface area contributed by atoms with E-state index in [0.717, 1.165) is 43.2 Å². The summed E-state index contributed by atoms with van der Waals surface area (Å²) in [6, 6.07) is 0. The van der Waals surface area contributed by atoms with E-state index in [4.69, 9.17) is 5.11 Å². The molecule has 16 heavy (non-hydrogen) atoms. The second kappa shape index (κ2) is 4.78. The predicted octanol–water partition coefficient (Wildman–Crippen LogP) is 1.33. The first-order valence-electron chi connectivity index (χ1n) is 5.21. The number of carbonyl (C=O) groups is 2. The van der Waals surface area contributed by atoms with Crippen molar-refractivity contribution >= 4 is 34.5 Å². The lowest BCUT2D eigenvalue weighted by molar-refractivity contribution is -0.133. The van der Waals surface area contributed by atoms with Crippen LogP contribution in [-0.2, 0) is 9.59 Å². The molecule has 1 atom stereocenters. The molecule has 0 radical (unpaired) electrons. The summed E-state index contributed by atoms with van der Waals surface area (Å²) in [5, 5.41) is 8.84. The van der Waals surface area contributed by atoms with Crippen LogP contribution < -0.4 is 0 Å². The van der Waals surface area contributed by atoms with Gasteiger partial charge in [-0.05, 0) is 19.3 Å². The zero-order valence-electron chi connectivity index (χ0n) is 8.68. The Labute approximate surface area is 97.0 Å². The Hall–Kier alpha value is -1.17. The van der Waals surface area contributed by atoms with Gasteiger partial charge in [0.15, 0.2) is 5.17 Å². The Morgan fingerprint density at radius 1 is 1.44 bits per heavy atom. The van der Waals surface area contributed by atoms with Crippen LogP contribution in [0.25, 0.3) is 0 Å². The van der Waals surface area contributed by atoms with E-state index in [1.807, 2.05) is 0 Å². The SMILES string of the molecule is O=C(O)CSC1=NC(=O)C2CCCCC2=N1. The molecular formula is C10H12N2O3S. The molecule has 1 amide bonds. The standard InChI is InChI=1S/C10H12N2O3S/c13-8(14)5-16-10-11-7-4-2-1-3-6(7)9(15)12-10/h6H,1-5H2,(H,13,14). The minimum Gasteiger partial charge on any atom is -0.481 e. The average molecular weight is 240 g/mol. The number of amides is 1. The van der Waals surface area contributed by atoms with Gasteiger partial charge in [-0.25, -0.2) is 4.99 Å². The van der Waals surface area contributed by atoms with Crippen LogP contribution in [0.4, 0.5) is 0 Å². The third-order valence-electron chi connectivity index (χ3n) is 2.65. The predicted molar refractivity (Wildman–Crippen MR) is 61.9 cm³/mol. The molecule has 1 saturated carbocycles.